The van der Waals surface area contributed by atoms with Crippen LogP contribution in [0.2, 0.25) is 0 Å². The molecule has 0 aliphatic carbocycles. The van der Waals surface area contributed by atoms with Crippen LogP contribution in [0.3, 0.4) is 0 Å². The number of rotatable bonds is 5. The Kier molecular flexibility index (Phi) is 6.42. The molecule has 5 rings (SSSR count). The van der Waals surface area contributed by atoms with Crippen LogP contribution in [0.25, 0.3) is 16.9 Å². The fourth-order valence-electron chi connectivity index (χ4n) is 4.55. The zero-order chi connectivity index (χ0) is 28.1. The fourth-order valence-corrected chi connectivity index (χ4v) is 4.55. The average Bonchev–Trinajstić information content (AvgIpc) is 3.41. The normalized spacial score (nSPS) is 13.6. The predicted octanol–water partition coefficient (Wildman–Crippen LogP) is 4.22. The molecule has 4 heterocycles. The second kappa shape index (κ2) is 9.49. The number of nitrogens with one attached hydrogen (secondary N) is 1. The number of fused-ring (bicyclic) bond motifs is 2. The van der Waals surface area contributed by atoms with Crippen LogP contribution >= 0.6 is 0 Å². The van der Waals surface area contributed by atoms with Gasteiger partial charge in [0.15, 0.2) is 11.5 Å². The highest BCUT2D eigenvalue weighted by Crippen LogP contribution is 2.28. The van der Waals surface area contributed by atoms with Gasteiger partial charge in [0.05, 0.1) is 5.69 Å². The predicted molar refractivity (Wildman–Crippen MR) is 147 cm³/mol. The van der Waals surface area contributed by atoms with E-state index >= 15 is 0 Å². The van der Waals surface area contributed by atoms with Gasteiger partial charge in [0, 0.05) is 31.5 Å². The van der Waals surface area contributed by atoms with E-state index in [1.54, 1.807) is 46.3 Å². The molecule has 1 aliphatic heterocycles. The van der Waals surface area contributed by atoms with Crippen LogP contribution in [0, 0.1) is 0 Å². The molecular weight excluding hydrogens is 498 g/mol. The highest BCUT2D eigenvalue weighted by Gasteiger charge is 2.28. The van der Waals surface area contributed by atoms with Crippen molar-refractivity contribution in [2.75, 3.05) is 5.32 Å². The number of amides is 1. The van der Waals surface area contributed by atoms with Crippen LogP contribution in [0.5, 0.6) is 0 Å². The van der Waals surface area contributed by atoms with Crippen molar-refractivity contribution in [2.45, 2.75) is 72.4 Å². The second-order valence-electron chi connectivity index (χ2n) is 11.1. The number of aliphatic hydroxyl groups is 1. The minimum absolute atomic E-state index is 0.228. The Morgan fingerprint density at radius 2 is 1.82 bits per heavy atom. The molecule has 0 saturated carbocycles. The molecule has 0 spiro atoms. The topological polar surface area (TPSA) is 127 Å². The Hall–Kier alpha value is -4.25. The second-order valence-corrected chi connectivity index (χ2v) is 11.1. The molecule has 0 radical (unpaired) electrons. The number of hydrogen-bond donors (Lipinski definition) is 2. The van der Waals surface area contributed by atoms with Crippen molar-refractivity contribution in [3.05, 3.63) is 69.8 Å². The largest absolute Gasteiger partial charge is 0.444 e. The molecule has 0 unspecified atom stereocenters. The molecule has 11 heteroatoms. The molecule has 1 amide bonds. The van der Waals surface area contributed by atoms with Gasteiger partial charge in [-0.2, -0.15) is 4.98 Å². The molecule has 1 aliphatic rings. The smallest absolute Gasteiger partial charge is 0.410 e. The molecule has 3 aromatic heterocycles. The van der Waals surface area contributed by atoms with E-state index in [-0.39, 0.29) is 11.7 Å². The van der Waals surface area contributed by atoms with E-state index in [1.165, 1.54) is 6.20 Å². The van der Waals surface area contributed by atoms with Gasteiger partial charge < -0.3 is 15.2 Å². The maximum atomic E-state index is 13.1. The van der Waals surface area contributed by atoms with E-state index in [2.05, 4.69) is 20.3 Å². The Labute approximate surface area is 226 Å². The number of nitrogens with zero attached hydrogens (tertiary/aromatic N) is 6. The number of carbonyl (C=O) groups excluding carboxylic acids is 1. The van der Waals surface area contributed by atoms with Gasteiger partial charge in [-0.05, 0) is 76.9 Å². The van der Waals surface area contributed by atoms with Crippen molar-refractivity contribution in [3.8, 4) is 5.82 Å². The van der Waals surface area contributed by atoms with E-state index in [9.17, 15) is 14.7 Å². The average molecular weight is 532 g/mol. The van der Waals surface area contributed by atoms with Crippen molar-refractivity contribution in [2.24, 2.45) is 0 Å². The van der Waals surface area contributed by atoms with E-state index in [0.29, 0.717) is 48.1 Å². The van der Waals surface area contributed by atoms with Gasteiger partial charge >= 0.3 is 6.09 Å². The van der Waals surface area contributed by atoms with Crippen molar-refractivity contribution in [1.29, 1.82) is 0 Å². The molecule has 0 saturated heterocycles. The monoisotopic (exact) mass is 531 g/mol. The fraction of sp³-hybridized carbons (Fsp3) is 0.393. The summed E-state index contributed by atoms with van der Waals surface area (Å²) in [5.74, 6) is 0.776. The molecule has 4 aromatic rings. The number of anilines is 2. The molecule has 0 bridgehead atoms. The van der Waals surface area contributed by atoms with E-state index in [0.717, 1.165) is 16.8 Å². The summed E-state index contributed by atoms with van der Waals surface area (Å²) in [4.78, 5) is 41.0. The van der Waals surface area contributed by atoms with E-state index < -0.39 is 11.2 Å². The molecule has 11 nitrogen and oxygen atoms in total. The Morgan fingerprint density at radius 3 is 2.51 bits per heavy atom. The van der Waals surface area contributed by atoms with Gasteiger partial charge in [-0.25, -0.2) is 24.1 Å². The lowest BCUT2D eigenvalue weighted by Gasteiger charge is -2.24. The number of hydrogen-bond acceptors (Lipinski definition) is 8. The lowest BCUT2D eigenvalue weighted by molar-refractivity contribution is 0.0241. The quantitative estimate of drug-likeness (QED) is 0.392. The third-order valence-electron chi connectivity index (χ3n) is 6.39. The first-order valence-corrected chi connectivity index (χ1v) is 12.9. The summed E-state index contributed by atoms with van der Waals surface area (Å²) in [6.45, 7) is 12.1. The highest BCUT2D eigenvalue weighted by atomic mass is 16.6. The number of ether oxygens (including phenoxy) is 1. The van der Waals surface area contributed by atoms with Gasteiger partial charge in [-0.15, -0.1) is 0 Å². The number of aromatic nitrogens is 5. The molecule has 0 fully saturated rings. The van der Waals surface area contributed by atoms with E-state index in [1.807, 2.05) is 45.9 Å². The summed E-state index contributed by atoms with van der Waals surface area (Å²) in [7, 11) is 0. The summed E-state index contributed by atoms with van der Waals surface area (Å²) in [5.41, 5.74) is 1.75. The maximum absolute atomic E-state index is 13.1. The SMILES string of the molecule is CCn1c(=O)c2cnc(Nc3ccc4c(c3)CN(C(=O)OC(C)(C)C)C4)nc2n1-c1cccc(C(C)(C)O)n1. The van der Waals surface area contributed by atoms with Crippen LogP contribution in [-0.2, 0) is 30.0 Å². The summed E-state index contributed by atoms with van der Waals surface area (Å²) in [5, 5.41) is 14.1. The van der Waals surface area contributed by atoms with Gasteiger partial charge in [0.25, 0.3) is 5.56 Å². The van der Waals surface area contributed by atoms with Crippen LogP contribution in [0.4, 0.5) is 16.4 Å². The minimum Gasteiger partial charge on any atom is -0.444 e. The van der Waals surface area contributed by atoms with Crippen molar-refractivity contribution >= 4 is 28.8 Å². The van der Waals surface area contributed by atoms with E-state index in [4.69, 9.17) is 4.74 Å². The van der Waals surface area contributed by atoms with Crippen molar-refractivity contribution < 1.29 is 14.6 Å². The third kappa shape index (κ3) is 5.22. The first kappa shape index (κ1) is 26.4. The minimum atomic E-state index is -1.15. The molecule has 204 valence electrons. The lowest BCUT2D eigenvalue weighted by Crippen LogP contribution is -2.33. The standard InChI is InChI=1S/C28H33N7O4/c1-7-34-24(36)20-14-29-25(32-23(20)35(34)22-10-8-9-21(31-22)28(5,6)38)30-19-12-11-17-15-33(16-18(17)13-19)26(37)39-27(2,3)4/h8-14,38H,7,15-16H2,1-6H3,(H,29,30,32). The number of benzene rings is 1. The maximum Gasteiger partial charge on any atom is 0.410 e. The van der Waals surface area contributed by atoms with Crippen molar-refractivity contribution in [1.82, 2.24) is 29.2 Å². The van der Waals surface area contributed by atoms with Gasteiger partial charge in [0.1, 0.15) is 16.6 Å². The Balaban J connectivity index is 1.47. The first-order chi connectivity index (χ1) is 18.3. The van der Waals surface area contributed by atoms with Crippen molar-refractivity contribution in [3.63, 3.8) is 0 Å². The zero-order valence-electron chi connectivity index (χ0n) is 23.0. The summed E-state index contributed by atoms with van der Waals surface area (Å²) in [6, 6.07) is 11.1. The molecule has 1 aromatic carbocycles. The number of pyridine rings is 1. The summed E-state index contributed by atoms with van der Waals surface area (Å²) >= 11 is 0. The summed E-state index contributed by atoms with van der Waals surface area (Å²) < 4.78 is 8.71. The molecular formula is C28H33N7O4. The Bertz CT molecular complexity index is 1630. The van der Waals surface area contributed by atoms with Gasteiger partial charge in [-0.3, -0.25) is 9.69 Å². The molecule has 39 heavy (non-hydrogen) atoms. The number of carbonyl (C=O) groups is 1. The van der Waals surface area contributed by atoms with Crippen LogP contribution in [-0.4, -0.2) is 46.0 Å². The van der Waals surface area contributed by atoms with Crippen LogP contribution < -0.4 is 10.9 Å². The Morgan fingerprint density at radius 1 is 1.08 bits per heavy atom. The first-order valence-electron chi connectivity index (χ1n) is 12.9. The highest BCUT2D eigenvalue weighted by molar-refractivity contribution is 5.77. The lowest BCUT2D eigenvalue weighted by atomic mass is 10.1. The summed E-state index contributed by atoms with van der Waals surface area (Å²) in [6.07, 6.45) is 1.16. The van der Waals surface area contributed by atoms with Gasteiger partial charge in [0.2, 0.25) is 5.95 Å². The zero-order valence-corrected chi connectivity index (χ0v) is 23.0. The molecule has 2 N–H and O–H groups in total. The van der Waals surface area contributed by atoms with Crippen LogP contribution in [0.1, 0.15) is 58.4 Å². The van der Waals surface area contributed by atoms with Gasteiger partial charge in [-0.1, -0.05) is 12.1 Å². The third-order valence-corrected chi connectivity index (χ3v) is 6.39. The molecule has 0 atom stereocenters. The van der Waals surface area contributed by atoms with Crippen LogP contribution in [0.15, 0.2) is 47.4 Å².